The first kappa shape index (κ1) is 23.4. The van der Waals surface area contributed by atoms with E-state index >= 15 is 0 Å². The van der Waals surface area contributed by atoms with Crippen LogP contribution >= 0.6 is 11.6 Å². The summed E-state index contributed by atoms with van der Waals surface area (Å²) < 4.78 is 11.9. The molecule has 0 aliphatic carbocycles. The fraction of sp³-hybridized carbons (Fsp3) is 0.333. The van der Waals surface area contributed by atoms with E-state index in [4.69, 9.17) is 26.8 Å². The van der Waals surface area contributed by atoms with Crippen molar-refractivity contribution < 1.29 is 14.6 Å². The molecule has 1 heterocycles. The number of benzene rings is 3. The number of anilines is 2. The Morgan fingerprint density at radius 3 is 2.55 bits per heavy atom. The molecule has 33 heavy (non-hydrogen) atoms. The van der Waals surface area contributed by atoms with E-state index in [0.717, 1.165) is 45.3 Å². The number of rotatable bonds is 8. The summed E-state index contributed by atoms with van der Waals surface area (Å²) in [6.07, 6.45) is 1.21. The first-order chi connectivity index (χ1) is 16.0. The predicted molar refractivity (Wildman–Crippen MR) is 134 cm³/mol. The normalized spacial score (nSPS) is 20.4. The lowest BCUT2D eigenvalue weighted by atomic mass is 9.94. The summed E-state index contributed by atoms with van der Waals surface area (Å²) >= 11 is 6.52. The predicted octanol–water partition coefficient (Wildman–Crippen LogP) is 5.60. The summed E-state index contributed by atoms with van der Waals surface area (Å²) in [5, 5.41) is 14.6. The number of aliphatic hydroxyl groups is 1. The molecule has 0 saturated carbocycles. The Bertz CT molecular complexity index is 1040. The van der Waals surface area contributed by atoms with Gasteiger partial charge in [-0.3, -0.25) is 0 Å². The van der Waals surface area contributed by atoms with Crippen LogP contribution in [0.5, 0.6) is 5.75 Å². The van der Waals surface area contributed by atoms with Crippen molar-refractivity contribution in [3.63, 3.8) is 0 Å². The third kappa shape index (κ3) is 6.41. The maximum Gasteiger partial charge on any atom is 0.119 e. The van der Waals surface area contributed by atoms with Gasteiger partial charge in [0.1, 0.15) is 5.75 Å². The average molecular weight is 467 g/mol. The van der Waals surface area contributed by atoms with Gasteiger partial charge in [0.15, 0.2) is 0 Å². The van der Waals surface area contributed by atoms with Gasteiger partial charge in [-0.25, -0.2) is 0 Å². The monoisotopic (exact) mass is 466 g/mol. The Hall–Kier alpha value is -2.73. The van der Waals surface area contributed by atoms with Crippen molar-refractivity contribution in [2.24, 2.45) is 0 Å². The molecular weight excluding hydrogens is 436 g/mol. The van der Waals surface area contributed by atoms with Crippen molar-refractivity contribution in [2.45, 2.75) is 44.5 Å². The highest BCUT2D eigenvalue weighted by molar-refractivity contribution is 6.31. The van der Waals surface area contributed by atoms with Gasteiger partial charge in [0.2, 0.25) is 0 Å². The number of halogens is 1. The lowest BCUT2D eigenvalue weighted by Gasteiger charge is -2.34. The second kappa shape index (κ2) is 10.9. The molecule has 0 amide bonds. The minimum absolute atomic E-state index is 0.0958. The summed E-state index contributed by atoms with van der Waals surface area (Å²) in [5.41, 5.74) is 10.7. The SMILES string of the molecule is CCOc1ccc(Cc2cc(C3CC(O)CC(CNc4ccc(N)cc4)O3)ccc2Cl)cc1. The van der Waals surface area contributed by atoms with E-state index in [9.17, 15) is 5.11 Å². The van der Waals surface area contributed by atoms with E-state index in [1.54, 1.807) is 0 Å². The van der Waals surface area contributed by atoms with Gasteiger partial charge in [0.25, 0.3) is 0 Å². The molecule has 3 aromatic carbocycles. The first-order valence-corrected chi connectivity index (χ1v) is 11.8. The number of aliphatic hydroxyl groups excluding tert-OH is 1. The van der Waals surface area contributed by atoms with Gasteiger partial charge in [-0.1, -0.05) is 35.9 Å². The van der Waals surface area contributed by atoms with Crippen molar-refractivity contribution in [3.8, 4) is 5.75 Å². The van der Waals surface area contributed by atoms with Gasteiger partial charge >= 0.3 is 0 Å². The number of nitrogens with one attached hydrogen (secondary N) is 1. The van der Waals surface area contributed by atoms with Crippen LogP contribution in [0.3, 0.4) is 0 Å². The Balaban J connectivity index is 1.43. The Kier molecular flexibility index (Phi) is 7.76. The lowest BCUT2D eigenvalue weighted by molar-refractivity contribution is -0.0916. The van der Waals surface area contributed by atoms with Crippen LogP contribution in [0.1, 0.15) is 42.6 Å². The zero-order valence-corrected chi connectivity index (χ0v) is 19.6. The third-order valence-corrected chi connectivity index (χ3v) is 6.26. The van der Waals surface area contributed by atoms with E-state index in [2.05, 4.69) is 23.5 Å². The van der Waals surface area contributed by atoms with Crippen LogP contribution in [0.25, 0.3) is 0 Å². The van der Waals surface area contributed by atoms with E-state index in [0.29, 0.717) is 26.0 Å². The molecule has 3 atom stereocenters. The zero-order chi connectivity index (χ0) is 23.2. The van der Waals surface area contributed by atoms with Gasteiger partial charge in [0, 0.05) is 35.8 Å². The van der Waals surface area contributed by atoms with E-state index in [-0.39, 0.29) is 12.2 Å². The molecule has 1 aliphatic heterocycles. The second-order valence-electron chi connectivity index (χ2n) is 8.48. The minimum Gasteiger partial charge on any atom is -0.494 e. The molecule has 174 valence electrons. The molecule has 0 radical (unpaired) electrons. The second-order valence-corrected chi connectivity index (χ2v) is 8.89. The first-order valence-electron chi connectivity index (χ1n) is 11.4. The van der Waals surface area contributed by atoms with Crippen LogP contribution in [-0.2, 0) is 11.2 Å². The molecule has 3 aromatic rings. The molecule has 1 saturated heterocycles. The molecular formula is C27H31ClN2O3. The summed E-state index contributed by atoms with van der Waals surface area (Å²) in [5.74, 6) is 0.865. The van der Waals surface area contributed by atoms with Crippen LogP contribution in [-0.4, -0.2) is 30.5 Å². The molecule has 0 aromatic heterocycles. The molecule has 1 aliphatic rings. The van der Waals surface area contributed by atoms with Crippen molar-refractivity contribution >= 4 is 23.0 Å². The standard InChI is InChI=1S/C27H31ClN2O3/c1-2-32-24-10-3-18(4-11-24)13-20-14-19(5-12-26(20)28)27-16-23(31)15-25(33-27)17-30-22-8-6-21(29)7-9-22/h3-12,14,23,25,27,30-31H,2,13,15-17,29H2,1H3. The summed E-state index contributed by atoms with van der Waals surface area (Å²) in [4.78, 5) is 0. The van der Waals surface area contributed by atoms with Gasteiger partial charge in [-0.15, -0.1) is 0 Å². The Morgan fingerprint density at radius 1 is 1.06 bits per heavy atom. The molecule has 0 spiro atoms. The highest BCUT2D eigenvalue weighted by Crippen LogP contribution is 2.34. The summed E-state index contributed by atoms with van der Waals surface area (Å²) in [7, 11) is 0. The van der Waals surface area contributed by atoms with Gasteiger partial charge in [-0.05, 0) is 72.5 Å². The van der Waals surface area contributed by atoms with Crippen LogP contribution in [0.4, 0.5) is 11.4 Å². The Labute approximate surface area is 200 Å². The van der Waals surface area contributed by atoms with Crippen molar-refractivity contribution in [2.75, 3.05) is 24.2 Å². The highest BCUT2D eigenvalue weighted by atomic mass is 35.5. The van der Waals surface area contributed by atoms with Crippen LogP contribution < -0.4 is 15.8 Å². The van der Waals surface area contributed by atoms with Crippen LogP contribution in [0.2, 0.25) is 5.02 Å². The fourth-order valence-electron chi connectivity index (χ4n) is 4.19. The molecule has 6 heteroatoms. The van der Waals surface area contributed by atoms with Crippen molar-refractivity contribution in [3.05, 3.63) is 88.4 Å². The van der Waals surface area contributed by atoms with Crippen molar-refractivity contribution in [1.29, 1.82) is 0 Å². The molecule has 4 rings (SSSR count). The smallest absolute Gasteiger partial charge is 0.119 e. The quantitative estimate of drug-likeness (QED) is 0.376. The summed E-state index contributed by atoms with van der Waals surface area (Å²) in [6.45, 7) is 3.24. The number of hydrogen-bond donors (Lipinski definition) is 3. The van der Waals surface area contributed by atoms with Crippen molar-refractivity contribution in [1.82, 2.24) is 0 Å². The molecule has 1 fully saturated rings. The topological polar surface area (TPSA) is 76.7 Å². The van der Waals surface area contributed by atoms with Gasteiger partial charge in [0.05, 0.1) is 24.9 Å². The third-order valence-electron chi connectivity index (χ3n) is 5.89. The molecule has 5 nitrogen and oxygen atoms in total. The van der Waals surface area contributed by atoms with Crippen LogP contribution in [0.15, 0.2) is 66.7 Å². The largest absolute Gasteiger partial charge is 0.494 e. The molecule has 3 unspecified atom stereocenters. The minimum atomic E-state index is -0.410. The van der Waals surface area contributed by atoms with Crippen LogP contribution in [0, 0.1) is 0 Å². The van der Waals surface area contributed by atoms with E-state index in [1.165, 1.54) is 0 Å². The fourth-order valence-corrected chi connectivity index (χ4v) is 4.37. The zero-order valence-electron chi connectivity index (χ0n) is 18.8. The molecule has 0 bridgehead atoms. The Morgan fingerprint density at radius 2 is 1.82 bits per heavy atom. The average Bonchev–Trinajstić information content (AvgIpc) is 2.81. The van der Waals surface area contributed by atoms with Gasteiger partial charge < -0.3 is 25.6 Å². The lowest BCUT2D eigenvalue weighted by Crippen LogP contribution is -2.35. The van der Waals surface area contributed by atoms with Gasteiger partial charge in [-0.2, -0.15) is 0 Å². The number of ether oxygens (including phenoxy) is 2. The van der Waals surface area contributed by atoms with E-state index in [1.807, 2.05) is 55.5 Å². The number of nitrogens with two attached hydrogens (primary N) is 1. The maximum absolute atomic E-state index is 10.5. The molecule has 4 N–H and O–H groups in total. The summed E-state index contributed by atoms with van der Waals surface area (Å²) in [6, 6.07) is 21.7. The van der Waals surface area contributed by atoms with E-state index < -0.39 is 6.10 Å². The highest BCUT2D eigenvalue weighted by Gasteiger charge is 2.29. The number of hydrogen-bond acceptors (Lipinski definition) is 5. The maximum atomic E-state index is 10.5. The number of nitrogen functional groups attached to an aromatic ring is 1.